The highest BCUT2D eigenvalue weighted by Crippen LogP contribution is 2.31. The maximum absolute atomic E-state index is 10.1. The zero-order valence-corrected chi connectivity index (χ0v) is 10.7. The van der Waals surface area contributed by atoms with E-state index in [0.29, 0.717) is 16.7 Å². The summed E-state index contributed by atoms with van der Waals surface area (Å²) in [5, 5.41) is 37.8. The molecule has 10 heteroatoms. The summed E-state index contributed by atoms with van der Waals surface area (Å²) in [4.78, 5) is 8.34. The topological polar surface area (TPSA) is 131 Å². The second kappa shape index (κ2) is 4.43. The number of hydrogen-bond acceptors (Lipinski definition) is 8. The molecule has 0 saturated carbocycles. The van der Waals surface area contributed by atoms with Crippen LogP contribution in [-0.4, -0.2) is 69.6 Å². The molecule has 4 rings (SSSR count). The van der Waals surface area contributed by atoms with Crippen molar-refractivity contribution in [2.45, 2.75) is 24.5 Å². The molecule has 10 nitrogen and oxygen atoms in total. The largest absolute Gasteiger partial charge is 0.394 e. The Morgan fingerprint density at radius 3 is 2.76 bits per heavy atom. The van der Waals surface area contributed by atoms with Crippen LogP contribution in [-0.2, 0) is 4.74 Å². The van der Waals surface area contributed by atoms with Gasteiger partial charge >= 0.3 is 0 Å². The minimum atomic E-state index is -1.21. The number of aliphatic hydroxyl groups excluding tert-OH is 3. The molecule has 3 aromatic heterocycles. The Labute approximate surface area is 117 Å². The lowest BCUT2D eigenvalue weighted by Crippen LogP contribution is -2.33. The van der Waals surface area contributed by atoms with E-state index >= 15 is 0 Å². The molecule has 1 aliphatic heterocycles. The number of hydrogen-bond donors (Lipinski definition) is 3. The molecule has 3 aromatic rings. The predicted molar refractivity (Wildman–Crippen MR) is 67.1 cm³/mol. The van der Waals surface area contributed by atoms with Crippen LogP contribution in [0.3, 0.4) is 0 Å². The van der Waals surface area contributed by atoms with Crippen molar-refractivity contribution in [3.8, 4) is 0 Å². The van der Waals surface area contributed by atoms with Crippen LogP contribution in [0.2, 0.25) is 0 Å². The molecular formula is C11H12N6O4. The van der Waals surface area contributed by atoms with E-state index in [1.807, 2.05) is 0 Å². The molecule has 1 aliphatic rings. The highest BCUT2D eigenvalue weighted by Gasteiger charge is 2.44. The molecule has 0 amide bonds. The van der Waals surface area contributed by atoms with E-state index in [-0.39, 0.29) is 0 Å². The summed E-state index contributed by atoms with van der Waals surface area (Å²) in [6.45, 7) is -0.393. The molecule has 4 atom stereocenters. The summed E-state index contributed by atoms with van der Waals surface area (Å²) in [5.41, 5.74) is 1.03. The highest BCUT2D eigenvalue weighted by atomic mass is 16.6. The van der Waals surface area contributed by atoms with E-state index < -0.39 is 31.1 Å². The summed E-state index contributed by atoms with van der Waals surface area (Å²) in [6.07, 6.45) is 0.247. The Morgan fingerprint density at radius 2 is 2.00 bits per heavy atom. The monoisotopic (exact) mass is 292 g/mol. The fourth-order valence-electron chi connectivity index (χ4n) is 2.55. The highest BCUT2D eigenvalue weighted by molar-refractivity contribution is 5.88. The zero-order valence-electron chi connectivity index (χ0n) is 10.7. The summed E-state index contributed by atoms with van der Waals surface area (Å²) in [5.74, 6) is 0. The van der Waals surface area contributed by atoms with Gasteiger partial charge in [0.15, 0.2) is 17.5 Å². The normalized spacial score (nSPS) is 29.7. The van der Waals surface area contributed by atoms with Crippen molar-refractivity contribution >= 4 is 16.7 Å². The van der Waals surface area contributed by atoms with E-state index in [1.165, 1.54) is 21.9 Å². The van der Waals surface area contributed by atoms with Gasteiger partial charge in [-0.2, -0.15) is 10.2 Å². The average molecular weight is 292 g/mol. The molecular weight excluding hydrogens is 280 g/mol. The van der Waals surface area contributed by atoms with Crippen molar-refractivity contribution in [1.82, 2.24) is 29.4 Å². The fourth-order valence-corrected chi connectivity index (χ4v) is 2.55. The van der Waals surface area contributed by atoms with Crippen LogP contribution in [0.4, 0.5) is 0 Å². The Balaban J connectivity index is 1.84. The first-order chi connectivity index (χ1) is 10.2. The number of ether oxygens (including phenoxy) is 1. The maximum Gasteiger partial charge on any atom is 0.181 e. The summed E-state index contributed by atoms with van der Waals surface area (Å²) >= 11 is 0. The lowest BCUT2D eigenvalue weighted by atomic mass is 10.1. The van der Waals surface area contributed by atoms with Gasteiger partial charge in [0.25, 0.3) is 0 Å². The van der Waals surface area contributed by atoms with E-state index in [1.54, 1.807) is 6.20 Å². The molecule has 0 spiro atoms. The van der Waals surface area contributed by atoms with E-state index in [9.17, 15) is 10.2 Å². The summed E-state index contributed by atoms with van der Waals surface area (Å²) in [6, 6.07) is 0. The first-order valence-electron chi connectivity index (χ1n) is 6.34. The molecule has 0 bridgehead atoms. The van der Waals surface area contributed by atoms with Crippen LogP contribution in [0.15, 0.2) is 18.9 Å². The average Bonchev–Trinajstić information content (AvgIpc) is 3.17. The minimum absolute atomic E-state index is 0.393. The number of rotatable bonds is 2. The van der Waals surface area contributed by atoms with Crippen molar-refractivity contribution < 1.29 is 20.1 Å². The van der Waals surface area contributed by atoms with Crippen LogP contribution >= 0.6 is 0 Å². The second-order valence-electron chi connectivity index (χ2n) is 4.83. The van der Waals surface area contributed by atoms with Gasteiger partial charge in [-0.05, 0) is 0 Å². The van der Waals surface area contributed by atoms with Gasteiger partial charge in [0.1, 0.15) is 31.0 Å². The lowest BCUT2D eigenvalue weighted by molar-refractivity contribution is -0.0566. The van der Waals surface area contributed by atoms with Crippen LogP contribution in [0.25, 0.3) is 16.7 Å². The summed E-state index contributed by atoms with van der Waals surface area (Å²) in [7, 11) is 0. The zero-order chi connectivity index (χ0) is 14.6. The quantitative estimate of drug-likeness (QED) is 0.498. The van der Waals surface area contributed by atoms with Gasteiger partial charge in [-0.25, -0.2) is 19.2 Å². The van der Waals surface area contributed by atoms with Crippen molar-refractivity contribution in [3.63, 3.8) is 0 Å². The molecule has 1 fully saturated rings. The molecule has 1 saturated heterocycles. The number of nitrogens with zero attached hydrogens (tertiary/aromatic N) is 6. The fraction of sp³-hybridized carbons (Fsp3) is 0.455. The molecule has 3 N–H and O–H groups in total. The Hall–Kier alpha value is -2.14. The van der Waals surface area contributed by atoms with Crippen LogP contribution < -0.4 is 0 Å². The second-order valence-corrected chi connectivity index (χ2v) is 4.83. The van der Waals surface area contributed by atoms with Crippen LogP contribution in [0.5, 0.6) is 0 Å². The van der Waals surface area contributed by atoms with Crippen molar-refractivity contribution in [2.75, 3.05) is 6.61 Å². The first-order valence-corrected chi connectivity index (χ1v) is 6.34. The molecule has 0 aromatic carbocycles. The van der Waals surface area contributed by atoms with Gasteiger partial charge in [-0.3, -0.25) is 0 Å². The van der Waals surface area contributed by atoms with Gasteiger partial charge in [-0.1, -0.05) is 0 Å². The van der Waals surface area contributed by atoms with E-state index in [4.69, 9.17) is 9.84 Å². The van der Waals surface area contributed by atoms with Crippen molar-refractivity contribution in [1.29, 1.82) is 0 Å². The summed E-state index contributed by atoms with van der Waals surface area (Å²) < 4.78 is 8.32. The Morgan fingerprint density at radius 1 is 1.14 bits per heavy atom. The molecule has 21 heavy (non-hydrogen) atoms. The maximum atomic E-state index is 10.1. The lowest BCUT2D eigenvalue weighted by Gasteiger charge is -2.15. The standard InChI is InChI=1S/C11H12N6O4/c18-2-6-7(19)8(20)11(21-6)17-10-5(1-14-17)9-12-3-15-16(9)4-13-10/h1,3-4,6-8,11,18-20H,2H2/t6-,7-,8-,11-/m1/s1. The number of fused-ring (bicyclic) bond motifs is 3. The van der Waals surface area contributed by atoms with Gasteiger partial charge in [0, 0.05) is 0 Å². The molecule has 0 radical (unpaired) electrons. The van der Waals surface area contributed by atoms with E-state index in [2.05, 4.69) is 20.2 Å². The number of aliphatic hydroxyl groups is 3. The van der Waals surface area contributed by atoms with Gasteiger partial charge in [0.2, 0.25) is 0 Å². The van der Waals surface area contributed by atoms with Crippen molar-refractivity contribution in [2.24, 2.45) is 0 Å². The molecule has 110 valence electrons. The third-order valence-electron chi connectivity index (χ3n) is 3.63. The third-order valence-corrected chi connectivity index (χ3v) is 3.63. The number of aromatic nitrogens is 6. The Bertz CT molecular complexity index is 800. The van der Waals surface area contributed by atoms with Crippen LogP contribution in [0.1, 0.15) is 6.23 Å². The molecule has 4 heterocycles. The van der Waals surface area contributed by atoms with E-state index in [0.717, 1.165) is 0 Å². The smallest absolute Gasteiger partial charge is 0.181 e. The van der Waals surface area contributed by atoms with Gasteiger partial charge in [-0.15, -0.1) is 0 Å². The predicted octanol–water partition coefficient (Wildman–Crippen LogP) is -1.91. The first kappa shape index (κ1) is 12.6. The van der Waals surface area contributed by atoms with Gasteiger partial charge < -0.3 is 20.1 Å². The van der Waals surface area contributed by atoms with Crippen LogP contribution in [0, 0.1) is 0 Å². The van der Waals surface area contributed by atoms with Gasteiger partial charge in [0.05, 0.1) is 18.2 Å². The molecule has 0 unspecified atom stereocenters. The third kappa shape index (κ3) is 1.67. The molecule has 0 aliphatic carbocycles. The SMILES string of the molecule is OC[C@H]1O[C@@H](n2ncc3c2ncn2ncnc32)[C@H](O)[C@@H]1O. The van der Waals surface area contributed by atoms with Crippen molar-refractivity contribution in [3.05, 3.63) is 18.9 Å². The minimum Gasteiger partial charge on any atom is -0.394 e. The Kier molecular flexibility index (Phi) is 2.65.